The van der Waals surface area contributed by atoms with E-state index in [9.17, 15) is 4.79 Å². The molecule has 3 aliphatic rings. The van der Waals surface area contributed by atoms with Gasteiger partial charge in [-0.15, -0.1) is 12.4 Å². The van der Waals surface area contributed by atoms with Gasteiger partial charge in [-0.2, -0.15) is 0 Å². The van der Waals surface area contributed by atoms with E-state index in [4.69, 9.17) is 11.6 Å². The van der Waals surface area contributed by atoms with Crippen LogP contribution >= 0.6 is 24.0 Å². The van der Waals surface area contributed by atoms with E-state index >= 15 is 0 Å². The van der Waals surface area contributed by atoms with Gasteiger partial charge in [0.1, 0.15) is 0 Å². The molecule has 1 heterocycles. The summed E-state index contributed by atoms with van der Waals surface area (Å²) < 4.78 is 0. The molecule has 1 saturated heterocycles. The molecule has 0 unspecified atom stereocenters. The molecule has 1 N–H and O–H groups in total. The Morgan fingerprint density at radius 2 is 1.92 bits per heavy atom. The van der Waals surface area contributed by atoms with Crippen molar-refractivity contribution < 1.29 is 4.79 Å². The average molecular weight is 369 g/mol. The maximum Gasteiger partial charge on any atom is 0.233 e. The van der Waals surface area contributed by atoms with E-state index in [0.717, 1.165) is 55.3 Å². The Morgan fingerprint density at radius 3 is 2.50 bits per heavy atom. The zero-order valence-electron chi connectivity index (χ0n) is 14.0. The molecule has 1 aromatic rings. The third kappa shape index (κ3) is 3.74. The maximum absolute atomic E-state index is 13.0. The van der Waals surface area contributed by atoms with Gasteiger partial charge in [0, 0.05) is 24.2 Å². The number of benzene rings is 1. The third-order valence-corrected chi connectivity index (χ3v) is 5.95. The molecule has 1 aliphatic heterocycles. The van der Waals surface area contributed by atoms with Gasteiger partial charge in [-0.3, -0.25) is 4.79 Å². The third-order valence-electron chi connectivity index (χ3n) is 5.71. The summed E-state index contributed by atoms with van der Waals surface area (Å²) in [5.74, 6) is 1.24. The minimum Gasteiger partial charge on any atom is -0.342 e. The number of piperidine rings is 1. The zero-order valence-corrected chi connectivity index (χ0v) is 15.5. The van der Waals surface area contributed by atoms with E-state index in [1.54, 1.807) is 0 Å². The van der Waals surface area contributed by atoms with Gasteiger partial charge in [-0.1, -0.05) is 23.7 Å². The number of hydrogen-bond acceptors (Lipinski definition) is 2. The molecule has 0 aromatic heterocycles. The van der Waals surface area contributed by atoms with E-state index in [1.807, 2.05) is 18.2 Å². The van der Waals surface area contributed by atoms with Gasteiger partial charge in [0.05, 0.1) is 5.41 Å². The fourth-order valence-corrected chi connectivity index (χ4v) is 3.97. The zero-order chi connectivity index (χ0) is 15.9. The van der Waals surface area contributed by atoms with E-state index in [-0.39, 0.29) is 17.8 Å². The Bertz CT molecular complexity index is 591. The molecule has 132 valence electrons. The highest BCUT2D eigenvalue weighted by molar-refractivity contribution is 6.30. The first-order chi connectivity index (χ1) is 11.2. The minimum absolute atomic E-state index is 0. The lowest BCUT2D eigenvalue weighted by Crippen LogP contribution is -2.48. The van der Waals surface area contributed by atoms with Gasteiger partial charge in [-0.25, -0.2) is 0 Å². The number of carbonyl (C=O) groups excluding carboxylic acids is 1. The number of rotatable bonds is 5. The molecule has 2 aliphatic carbocycles. The standard InChI is InChI=1S/C19H25ClN2O.ClH/c20-16-3-1-2-15(12-16)19(8-9-19)18(23)22-10-6-17(7-11-22)21-13-14-4-5-14;/h1-3,12,14,17,21H,4-11,13H2;1H. The van der Waals surface area contributed by atoms with Crippen molar-refractivity contribution in [2.24, 2.45) is 5.92 Å². The second kappa shape index (κ2) is 7.23. The van der Waals surface area contributed by atoms with Gasteiger partial charge >= 0.3 is 0 Å². The van der Waals surface area contributed by atoms with E-state index in [1.165, 1.54) is 19.4 Å². The van der Waals surface area contributed by atoms with Crippen LogP contribution < -0.4 is 5.32 Å². The van der Waals surface area contributed by atoms with Crippen LogP contribution in [0.4, 0.5) is 0 Å². The summed E-state index contributed by atoms with van der Waals surface area (Å²) in [5, 5.41) is 4.41. The number of carbonyl (C=O) groups is 1. The van der Waals surface area contributed by atoms with E-state index in [2.05, 4.69) is 16.3 Å². The Hall–Kier alpha value is -0.770. The molecule has 3 fully saturated rings. The normalized spacial score (nSPS) is 22.8. The molecule has 0 radical (unpaired) electrons. The van der Waals surface area contributed by atoms with E-state index < -0.39 is 0 Å². The quantitative estimate of drug-likeness (QED) is 0.857. The SMILES string of the molecule is Cl.O=C(N1CCC(NCC2CC2)CC1)C1(c2cccc(Cl)c2)CC1. The fraction of sp³-hybridized carbons (Fsp3) is 0.632. The van der Waals surface area contributed by atoms with Gasteiger partial charge in [0.2, 0.25) is 5.91 Å². The largest absolute Gasteiger partial charge is 0.342 e. The Labute approximate surface area is 155 Å². The summed E-state index contributed by atoms with van der Waals surface area (Å²) in [5.41, 5.74) is 0.822. The number of hydrogen-bond donors (Lipinski definition) is 1. The van der Waals surface area contributed by atoms with Crippen molar-refractivity contribution in [3.05, 3.63) is 34.9 Å². The lowest BCUT2D eigenvalue weighted by molar-refractivity contribution is -0.135. The van der Waals surface area contributed by atoms with Crippen molar-refractivity contribution >= 4 is 29.9 Å². The number of halogens is 2. The minimum atomic E-state index is -0.279. The summed E-state index contributed by atoms with van der Waals surface area (Å²) in [7, 11) is 0. The molecule has 5 heteroatoms. The number of nitrogens with one attached hydrogen (secondary N) is 1. The molecular formula is C19H26Cl2N2O. The van der Waals surface area contributed by atoms with Crippen LogP contribution in [0.15, 0.2) is 24.3 Å². The first kappa shape index (κ1) is 18.0. The predicted molar refractivity (Wildman–Crippen MR) is 99.9 cm³/mol. The number of nitrogens with zero attached hydrogens (tertiary/aromatic N) is 1. The molecule has 24 heavy (non-hydrogen) atoms. The summed E-state index contributed by atoms with van der Waals surface area (Å²) in [6.45, 7) is 2.96. The van der Waals surface area contributed by atoms with Crippen molar-refractivity contribution in [1.29, 1.82) is 0 Å². The molecule has 2 saturated carbocycles. The predicted octanol–water partition coefficient (Wildman–Crippen LogP) is 3.78. The molecule has 3 nitrogen and oxygen atoms in total. The Balaban J connectivity index is 0.00000169. The van der Waals surface area contributed by atoms with Crippen LogP contribution in [0.5, 0.6) is 0 Å². The van der Waals surface area contributed by atoms with Gasteiger partial charge in [-0.05, 0) is 68.7 Å². The fourth-order valence-electron chi connectivity index (χ4n) is 3.78. The van der Waals surface area contributed by atoms with Crippen molar-refractivity contribution in [3.8, 4) is 0 Å². The molecule has 0 atom stereocenters. The first-order valence-electron chi connectivity index (χ1n) is 8.96. The maximum atomic E-state index is 13.0. The second-order valence-electron chi connectivity index (χ2n) is 7.51. The monoisotopic (exact) mass is 368 g/mol. The topological polar surface area (TPSA) is 32.3 Å². The van der Waals surface area contributed by atoms with Crippen molar-refractivity contribution in [3.63, 3.8) is 0 Å². The highest BCUT2D eigenvalue weighted by atomic mass is 35.5. The Kier molecular flexibility index (Phi) is 5.43. The van der Waals surface area contributed by atoms with Crippen LogP contribution in [0.2, 0.25) is 5.02 Å². The highest BCUT2D eigenvalue weighted by Gasteiger charge is 2.53. The van der Waals surface area contributed by atoms with Crippen LogP contribution in [0.25, 0.3) is 0 Å². The van der Waals surface area contributed by atoms with Crippen LogP contribution in [-0.4, -0.2) is 36.5 Å². The summed E-state index contributed by atoms with van der Waals surface area (Å²) in [6.07, 6.45) is 6.89. The van der Waals surface area contributed by atoms with Crippen molar-refractivity contribution in [1.82, 2.24) is 10.2 Å². The second-order valence-corrected chi connectivity index (χ2v) is 7.95. The molecule has 1 aromatic carbocycles. The number of likely N-dealkylation sites (tertiary alicyclic amines) is 1. The van der Waals surface area contributed by atoms with Crippen LogP contribution in [0.1, 0.15) is 44.1 Å². The molecular weight excluding hydrogens is 343 g/mol. The van der Waals surface area contributed by atoms with Gasteiger partial charge in [0.15, 0.2) is 0 Å². The first-order valence-corrected chi connectivity index (χ1v) is 9.34. The smallest absolute Gasteiger partial charge is 0.233 e. The van der Waals surface area contributed by atoms with Crippen LogP contribution in [0, 0.1) is 5.92 Å². The average Bonchev–Trinajstić information content (AvgIpc) is 3.47. The number of amides is 1. The van der Waals surface area contributed by atoms with Crippen molar-refractivity contribution in [2.45, 2.75) is 50.0 Å². The van der Waals surface area contributed by atoms with Gasteiger partial charge < -0.3 is 10.2 Å². The summed E-state index contributed by atoms with van der Waals surface area (Å²) >= 11 is 6.12. The van der Waals surface area contributed by atoms with Crippen LogP contribution in [0.3, 0.4) is 0 Å². The Morgan fingerprint density at radius 1 is 1.21 bits per heavy atom. The van der Waals surface area contributed by atoms with Crippen LogP contribution in [-0.2, 0) is 10.2 Å². The lowest BCUT2D eigenvalue weighted by Gasteiger charge is -2.35. The molecule has 0 bridgehead atoms. The molecule has 4 rings (SSSR count). The molecule has 0 spiro atoms. The van der Waals surface area contributed by atoms with Gasteiger partial charge in [0.25, 0.3) is 0 Å². The molecule has 1 amide bonds. The summed E-state index contributed by atoms with van der Waals surface area (Å²) in [6, 6.07) is 8.46. The van der Waals surface area contributed by atoms with E-state index in [0.29, 0.717) is 11.9 Å². The summed E-state index contributed by atoms with van der Waals surface area (Å²) in [4.78, 5) is 15.1. The highest BCUT2D eigenvalue weighted by Crippen LogP contribution is 2.50. The lowest BCUT2D eigenvalue weighted by atomic mass is 9.93. The van der Waals surface area contributed by atoms with Crippen molar-refractivity contribution in [2.75, 3.05) is 19.6 Å².